The predicted molar refractivity (Wildman–Crippen MR) is 50.3 cm³/mol. The zero-order valence-electron chi connectivity index (χ0n) is 7.03. The van der Waals surface area contributed by atoms with E-state index >= 15 is 0 Å². The Hall–Kier alpha value is -1.35. The Morgan fingerprint density at radius 3 is 2.92 bits per heavy atom. The van der Waals surface area contributed by atoms with Crippen LogP contribution >= 0.6 is 11.6 Å². The number of rotatable bonds is 1. The van der Waals surface area contributed by atoms with E-state index in [2.05, 4.69) is 16.4 Å². The molecule has 0 N–H and O–H groups in total. The highest BCUT2D eigenvalue weighted by atomic mass is 35.5. The van der Waals surface area contributed by atoms with Crippen molar-refractivity contribution in [2.24, 2.45) is 7.05 Å². The van der Waals surface area contributed by atoms with Crippen LogP contribution in [0.4, 0.5) is 0 Å². The number of benzene rings is 1. The van der Waals surface area contributed by atoms with Gasteiger partial charge in [0.15, 0.2) is 12.2 Å². The summed E-state index contributed by atoms with van der Waals surface area (Å²) in [7, 11) is 1.78. The zero-order chi connectivity index (χ0) is 9.26. The maximum atomic E-state index is 5.83. The molecule has 2 aromatic rings. The van der Waals surface area contributed by atoms with Gasteiger partial charge in [-0.15, -0.1) is 0 Å². The third kappa shape index (κ3) is 1.70. The minimum absolute atomic E-state index is 0.644. The molecular formula is C9H7ClN3. The molecular weight excluding hydrogens is 186 g/mol. The third-order valence-electron chi connectivity index (χ3n) is 1.63. The molecule has 1 heterocycles. The van der Waals surface area contributed by atoms with Crippen molar-refractivity contribution in [2.45, 2.75) is 0 Å². The molecule has 4 heteroatoms. The van der Waals surface area contributed by atoms with E-state index in [1.807, 2.05) is 24.3 Å². The van der Waals surface area contributed by atoms with E-state index in [9.17, 15) is 0 Å². The quantitative estimate of drug-likeness (QED) is 0.692. The summed E-state index contributed by atoms with van der Waals surface area (Å²) in [4.78, 5) is 4.00. The molecule has 1 aromatic carbocycles. The molecule has 0 fully saturated rings. The lowest BCUT2D eigenvalue weighted by atomic mass is 10.2. The maximum Gasteiger partial charge on any atom is 0.196 e. The highest BCUT2D eigenvalue weighted by Gasteiger charge is 2.02. The number of halogens is 1. The van der Waals surface area contributed by atoms with Crippen LogP contribution in [0.3, 0.4) is 0 Å². The van der Waals surface area contributed by atoms with Gasteiger partial charge in [0, 0.05) is 17.6 Å². The molecule has 2 rings (SSSR count). The minimum Gasteiger partial charge on any atom is -0.246 e. The fraction of sp³-hybridized carbons (Fsp3) is 0.111. The van der Waals surface area contributed by atoms with Gasteiger partial charge in [0.05, 0.1) is 0 Å². The average molecular weight is 193 g/mol. The predicted octanol–water partition coefficient (Wildman–Crippen LogP) is 1.94. The summed E-state index contributed by atoms with van der Waals surface area (Å²) in [6.45, 7) is 0. The van der Waals surface area contributed by atoms with E-state index in [0.717, 1.165) is 5.56 Å². The van der Waals surface area contributed by atoms with Crippen molar-refractivity contribution >= 4 is 11.6 Å². The van der Waals surface area contributed by atoms with Gasteiger partial charge in [-0.05, 0) is 12.1 Å². The highest BCUT2D eigenvalue weighted by molar-refractivity contribution is 6.30. The van der Waals surface area contributed by atoms with Gasteiger partial charge in [-0.1, -0.05) is 23.7 Å². The smallest absolute Gasteiger partial charge is 0.196 e. The highest BCUT2D eigenvalue weighted by Crippen LogP contribution is 2.18. The fourth-order valence-electron chi connectivity index (χ4n) is 1.06. The van der Waals surface area contributed by atoms with E-state index in [4.69, 9.17) is 11.6 Å². The van der Waals surface area contributed by atoms with Crippen LogP contribution in [-0.2, 0) is 7.05 Å². The van der Waals surface area contributed by atoms with Gasteiger partial charge in [-0.2, -0.15) is 5.10 Å². The second kappa shape index (κ2) is 3.18. The topological polar surface area (TPSA) is 30.7 Å². The van der Waals surface area contributed by atoms with Crippen LogP contribution in [0.5, 0.6) is 0 Å². The van der Waals surface area contributed by atoms with E-state index in [-0.39, 0.29) is 0 Å². The summed E-state index contributed by atoms with van der Waals surface area (Å²) in [5.41, 5.74) is 0.907. The van der Waals surface area contributed by atoms with Gasteiger partial charge in [0.1, 0.15) is 0 Å². The lowest BCUT2D eigenvalue weighted by molar-refractivity contribution is 0.761. The van der Waals surface area contributed by atoms with Gasteiger partial charge in [-0.3, -0.25) is 0 Å². The molecule has 0 unspecified atom stereocenters. The Morgan fingerprint density at radius 1 is 1.46 bits per heavy atom. The normalized spacial score (nSPS) is 10.3. The van der Waals surface area contributed by atoms with Gasteiger partial charge in [0.2, 0.25) is 0 Å². The van der Waals surface area contributed by atoms with Gasteiger partial charge in [-0.25, -0.2) is 9.67 Å². The van der Waals surface area contributed by atoms with Crippen molar-refractivity contribution in [2.75, 3.05) is 0 Å². The maximum absolute atomic E-state index is 5.83. The molecule has 0 atom stereocenters. The molecule has 0 aliphatic carbocycles. The third-order valence-corrected chi connectivity index (χ3v) is 1.86. The van der Waals surface area contributed by atoms with Gasteiger partial charge in [0.25, 0.3) is 0 Å². The summed E-state index contributed by atoms with van der Waals surface area (Å²) >= 11 is 5.83. The first-order valence-electron chi connectivity index (χ1n) is 3.80. The average Bonchev–Trinajstić information content (AvgIpc) is 2.52. The molecule has 3 nitrogen and oxygen atoms in total. The minimum atomic E-state index is 0.644. The van der Waals surface area contributed by atoms with Crippen LogP contribution in [0.15, 0.2) is 24.3 Å². The molecule has 13 heavy (non-hydrogen) atoms. The van der Waals surface area contributed by atoms with Crippen LogP contribution in [-0.4, -0.2) is 14.8 Å². The molecule has 0 spiro atoms. The van der Waals surface area contributed by atoms with Gasteiger partial charge >= 0.3 is 0 Å². The molecule has 0 aliphatic rings. The SMILES string of the molecule is Cn1[c]nc(-c2cccc(Cl)c2)n1. The van der Waals surface area contributed by atoms with Crippen molar-refractivity contribution in [1.29, 1.82) is 0 Å². The molecule has 0 saturated heterocycles. The van der Waals surface area contributed by atoms with Crippen molar-refractivity contribution in [3.8, 4) is 11.4 Å². The number of nitrogens with zero attached hydrogens (tertiary/aromatic N) is 3. The van der Waals surface area contributed by atoms with Crippen molar-refractivity contribution in [3.05, 3.63) is 35.6 Å². The van der Waals surface area contributed by atoms with Crippen LogP contribution in [0, 0.1) is 6.33 Å². The molecule has 0 aliphatic heterocycles. The fourth-order valence-corrected chi connectivity index (χ4v) is 1.25. The van der Waals surface area contributed by atoms with Crippen molar-refractivity contribution in [3.63, 3.8) is 0 Å². The largest absolute Gasteiger partial charge is 0.246 e. The lowest BCUT2D eigenvalue weighted by Gasteiger charge is -1.94. The Bertz CT molecular complexity index is 422. The molecule has 1 aromatic heterocycles. The second-order valence-electron chi connectivity index (χ2n) is 2.67. The van der Waals surface area contributed by atoms with E-state index in [0.29, 0.717) is 10.8 Å². The molecule has 1 radical (unpaired) electrons. The Labute approximate surface area is 81.0 Å². The first-order valence-corrected chi connectivity index (χ1v) is 4.18. The van der Waals surface area contributed by atoms with Crippen LogP contribution in [0.1, 0.15) is 0 Å². The monoisotopic (exact) mass is 192 g/mol. The number of hydrogen-bond donors (Lipinski definition) is 0. The number of aromatic nitrogens is 3. The Balaban J connectivity index is 2.46. The zero-order valence-corrected chi connectivity index (χ0v) is 7.78. The number of hydrogen-bond acceptors (Lipinski definition) is 2. The lowest BCUT2D eigenvalue weighted by Crippen LogP contribution is -1.88. The van der Waals surface area contributed by atoms with Gasteiger partial charge < -0.3 is 0 Å². The van der Waals surface area contributed by atoms with E-state index in [1.54, 1.807) is 7.05 Å². The number of aryl methyl sites for hydroxylation is 1. The van der Waals surface area contributed by atoms with E-state index < -0.39 is 0 Å². The van der Waals surface area contributed by atoms with Crippen LogP contribution in [0.2, 0.25) is 5.02 Å². The van der Waals surface area contributed by atoms with Crippen molar-refractivity contribution < 1.29 is 0 Å². The molecule has 0 saturated carbocycles. The standard InChI is InChI=1S/C9H7ClN3/c1-13-6-11-9(12-13)7-3-2-4-8(10)5-7/h2-5H,1H3. The molecule has 0 bridgehead atoms. The summed E-state index contributed by atoms with van der Waals surface area (Å²) in [5, 5.41) is 4.80. The molecule has 65 valence electrons. The molecule has 0 amide bonds. The summed E-state index contributed by atoms with van der Waals surface area (Å²) < 4.78 is 1.54. The summed E-state index contributed by atoms with van der Waals surface area (Å²) in [5.74, 6) is 0.644. The second-order valence-corrected chi connectivity index (χ2v) is 3.11. The summed E-state index contributed by atoms with van der Waals surface area (Å²) in [6.07, 6.45) is 2.70. The first-order chi connectivity index (χ1) is 6.25. The summed E-state index contributed by atoms with van der Waals surface area (Å²) in [6, 6.07) is 7.42. The Kier molecular flexibility index (Phi) is 2.02. The van der Waals surface area contributed by atoms with E-state index in [1.165, 1.54) is 4.68 Å². The van der Waals surface area contributed by atoms with Crippen molar-refractivity contribution in [1.82, 2.24) is 14.8 Å². The van der Waals surface area contributed by atoms with Crippen LogP contribution in [0.25, 0.3) is 11.4 Å². The Morgan fingerprint density at radius 2 is 2.31 bits per heavy atom. The van der Waals surface area contributed by atoms with Crippen LogP contribution < -0.4 is 0 Å². The first kappa shape index (κ1) is 8.26.